The first kappa shape index (κ1) is 15.2. The van der Waals surface area contributed by atoms with Crippen molar-refractivity contribution in [2.24, 2.45) is 0 Å². The van der Waals surface area contributed by atoms with Crippen LogP contribution in [0.1, 0.15) is 6.92 Å². The lowest BCUT2D eigenvalue weighted by atomic mass is 10.2. The molecule has 1 aliphatic rings. The Morgan fingerprint density at radius 3 is 2.60 bits per heavy atom. The number of nitrogens with zero attached hydrogens (tertiary/aromatic N) is 3. The molecule has 0 aliphatic carbocycles. The number of aliphatic hydroxyl groups excluding tert-OH is 1. The summed E-state index contributed by atoms with van der Waals surface area (Å²) < 4.78 is 0.709. The predicted molar refractivity (Wildman–Crippen MR) is 81.1 cm³/mol. The topological polar surface area (TPSA) is 69.8 Å². The van der Waals surface area contributed by atoms with Gasteiger partial charge in [-0.15, -0.1) is 0 Å². The molecule has 1 fully saturated rings. The van der Waals surface area contributed by atoms with Gasteiger partial charge in [-0.3, -0.25) is 15.0 Å². The van der Waals surface area contributed by atoms with Crippen molar-refractivity contribution >= 4 is 27.3 Å². The van der Waals surface area contributed by atoms with Crippen LogP contribution in [0.4, 0.5) is 11.4 Å². The molecule has 1 aromatic carbocycles. The molecular weight excluding hydrogens is 326 g/mol. The van der Waals surface area contributed by atoms with Crippen LogP contribution >= 0.6 is 15.9 Å². The molecular formula is C13H18BrN3O3. The molecule has 0 spiro atoms. The van der Waals surface area contributed by atoms with Crippen molar-refractivity contribution in [3.8, 4) is 0 Å². The molecule has 6 nitrogen and oxygen atoms in total. The van der Waals surface area contributed by atoms with E-state index in [4.69, 9.17) is 5.11 Å². The molecule has 1 heterocycles. The number of benzene rings is 1. The normalized spacial score (nSPS) is 18.1. The Balaban J connectivity index is 2.13. The van der Waals surface area contributed by atoms with Gasteiger partial charge in [-0.2, -0.15) is 0 Å². The highest BCUT2D eigenvalue weighted by Crippen LogP contribution is 2.31. The fourth-order valence-corrected chi connectivity index (χ4v) is 2.78. The van der Waals surface area contributed by atoms with E-state index in [1.54, 1.807) is 6.07 Å². The lowest BCUT2D eigenvalue weighted by Crippen LogP contribution is -2.50. The second-order valence-electron chi connectivity index (χ2n) is 4.94. The smallest absolute Gasteiger partial charge is 0.293 e. The SMILES string of the molecule is C[C@@H](CO)N1CCN(c2ccc(Br)cc2[N+](=O)[O-])CC1. The quantitative estimate of drug-likeness (QED) is 0.667. The molecule has 1 aliphatic heterocycles. The maximum atomic E-state index is 11.2. The van der Waals surface area contributed by atoms with Crippen LogP contribution in [0.25, 0.3) is 0 Å². The number of hydrogen-bond acceptors (Lipinski definition) is 5. The van der Waals surface area contributed by atoms with Crippen molar-refractivity contribution in [1.29, 1.82) is 0 Å². The molecule has 110 valence electrons. The van der Waals surface area contributed by atoms with Crippen LogP contribution in [0.15, 0.2) is 22.7 Å². The van der Waals surface area contributed by atoms with Crippen molar-refractivity contribution in [1.82, 2.24) is 4.90 Å². The number of aliphatic hydroxyl groups is 1. The van der Waals surface area contributed by atoms with Crippen LogP contribution < -0.4 is 4.90 Å². The van der Waals surface area contributed by atoms with E-state index in [1.165, 1.54) is 6.07 Å². The zero-order valence-electron chi connectivity index (χ0n) is 11.3. The van der Waals surface area contributed by atoms with E-state index in [9.17, 15) is 10.1 Å². The third-order valence-corrected chi connectivity index (χ3v) is 4.17. The molecule has 0 bridgehead atoms. The average molecular weight is 344 g/mol. The van der Waals surface area contributed by atoms with Gasteiger partial charge in [0, 0.05) is 42.8 Å². The minimum absolute atomic E-state index is 0.128. The minimum atomic E-state index is -0.344. The second kappa shape index (κ2) is 6.51. The van der Waals surface area contributed by atoms with Crippen molar-refractivity contribution in [3.63, 3.8) is 0 Å². The summed E-state index contributed by atoms with van der Waals surface area (Å²) in [6.45, 7) is 5.18. The van der Waals surface area contributed by atoms with Gasteiger partial charge >= 0.3 is 0 Å². The van der Waals surface area contributed by atoms with E-state index in [1.807, 2.05) is 17.9 Å². The maximum absolute atomic E-state index is 11.2. The van der Waals surface area contributed by atoms with Crippen molar-refractivity contribution < 1.29 is 10.0 Å². The van der Waals surface area contributed by atoms with E-state index in [-0.39, 0.29) is 23.3 Å². The summed E-state index contributed by atoms with van der Waals surface area (Å²) in [5, 5.41) is 20.3. The summed E-state index contributed by atoms with van der Waals surface area (Å²) >= 11 is 3.27. The number of nitro groups is 1. The molecule has 1 atom stereocenters. The Morgan fingerprint density at radius 1 is 1.40 bits per heavy atom. The van der Waals surface area contributed by atoms with Gasteiger partial charge in [0.2, 0.25) is 0 Å². The molecule has 0 aromatic heterocycles. The minimum Gasteiger partial charge on any atom is -0.395 e. The first-order valence-corrected chi connectivity index (χ1v) is 7.36. The fourth-order valence-electron chi connectivity index (χ4n) is 2.43. The third-order valence-electron chi connectivity index (χ3n) is 3.68. The maximum Gasteiger partial charge on any atom is 0.293 e. The third kappa shape index (κ3) is 3.28. The van der Waals surface area contributed by atoms with E-state index in [0.717, 1.165) is 26.2 Å². The van der Waals surface area contributed by atoms with Crippen LogP contribution in [0.5, 0.6) is 0 Å². The zero-order valence-corrected chi connectivity index (χ0v) is 12.9. The van der Waals surface area contributed by atoms with Gasteiger partial charge in [0.15, 0.2) is 0 Å². The van der Waals surface area contributed by atoms with Gasteiger partial charge < -0.3 is 10.0 Å². The molecule has 0 amide bonds. The zero-order chi connectivity index (χ0) is 14.7. The second-order valence-corrected chi connectivity index (χ2v) is 5.86. The number of rotatable bonds is 4. The molecule has 7 heteroatoms. The molecule has 1 saturated heterocycles. The molecule has 1 N–H and O–H groups in total. The van der Waals surface area contributed by atoms with Crippen LogP contribution in [0.3, 0.4) is 0 Å². The number of anilines is 1. The largest absolute Gasteiger partial charge is 0.395 e. The number of hydrogen-bond donors (Lipinski definition) is 1. The van der Waals surface area contributed by atoms with E-state index >= 15 is 0 Å². The number of nitro benzene ring substituents is 1. The van der Waals surface area contributed by atoms with Gasteiger partial charge in [-0.1, -0.05) is 15.9 Å². The average Bonchev–Trinajstić information content (AvgIpc) is 2.46. The van der Waals surface area contributed by atoms with Gasteiger partial charge in [0.1, 0.15) is 5.69 Å². The Morgan fingerprint density at radius 2 is 2.05 bits per heavy atom. The summed E-state index contributed by atoms with van der Waals surface area (Å²) in [7, 11) is 0. The van der Waals surface area contributed by atoms with Crippen LogP contribution in [0.2, 0.25) is 0 Å². The standard InChI is InChI=1S/C13H18BrN3O3/c1-10(9-18)15-4-6-16(7-5-15)12-3-2-11(14)8-13(12)17(19)20/h2-3,8,10,18H,4-7,9H2,1H3/t10-/m0/s1. The molecule has 0 saturated carbocycles. The van der Waals surface area contributed by atoms with Crippen molar-refractivity contribution in [2.45, 2.75) is 13.0 Å². The van der Waals surface area contributed by atoms with Crippen LogP contribution in [-0.2, 0) is 0 Å². The van der Waals surface area contributed by atoms with E-state index in [2.05, 4.69) is 20.8 Å². The Bertz CT molecular complexity index is 490. The number of halogens is 1. The fraction of sp³-hybridized carbons (Fsp3) is 0.538. The summed E-state index contributed by atoms with van der Waals surface area (Å²) in [5.74, 6) is 0. The van der Waals surface area contributed by atoms with Gasteiger partial charge in [0.25, 0.3) is 5.69 Å². The van der Waals surface area contributed by atoms with Gasteiger partial charge in [-0.25, -0.2) is 0 Å². The highest BCUT2D eigenvalue weighted by Gasteiger charge is 2.25. The van der Waals surface area contributed by atoms with Crippen molar-refractivity contribution in [2.75, 3.05) is 37.7 Å². The van der Waals surface area contributed by atoms with E-state index in [0.29, 0.717) is 10.2 Å². The monoisotopic (exact) mass is 343 g/mol. The summed E-state index contributed by atoms with van der Waals surface area (Å²) in [6.07, 6.45) is 0. The molecule has 2 rings (SSSR count). The molecule has 1 aromatic rings. The summed E-state index contributed by atoms with van der Waals surface area (Å²) in [5.41, 5.74) is 0.789. The molecule has 0 unspecified atom stereocenters. The van der Waals surface area contributed by atoms with Crippen LogP contribution in [0, 0.1) is 10.1 Å². The Labute approximate surface area is 126 Å². The summed E-state index contributed by atoms with van der Waals surface area (Å²) in [4.78, 5) is 15.0. The van der Waals surface area contributed by atoms with E-state index < -0.39 is 0 Å². The predicted octanol–water partition coefficient (Wildman–Crippen LogP) is 1.86. The van der Waals surface area contributed by atoms with Crippen molar-refractivity contribution in [3.05, 3.63) is 32.8 Å². The van der Waals surface area contributed by atoms with Gasteiger partial charge in [0.05, 0.1) is 11.5 Å². The first-order valence-electron chi connectivity index (χ1n) is 6.56. The first-order chi connectivity index (χ1) is 9.52. The highest BCUT2D eigenvalue weighted by molar-refractivity contribution is 9.10. The Hall–Kier alpha value is -1.18. The molecule has 0 radical (unpaired) electrons. The molecule has 20 heavy (non-hydrogen) atoms. The van der Waals surface area contributed by atoms with Crippen LogP contribution in [-0.4, -0.2) is 53.8 Å². The van der Waals surface area contributed by atoms with Gasteiger partial charge in [-0.05, 0) is 19.1 Å². The lowest BCUT2D eigenvalue weighted by Gasteiger charge is -2.38. The lowest BCUT2D eigenvalue weighted by molar-refractivity contribution is -0.384. The number of piperazine rings is 1. The highest BCUT2D eigenvalue weighted by atomic mass is 79.9. The summed E-state index contributed by atoms with van der Waals surface area (Å²) in [6, 6.07) is 5.29. The Kier molecular flexibility index (Phi) is 4.95.